The van der Waals surface area contributed by atoms with Crippen molar-refractivity contribution in [3.8, 4) is 0 Å². The highest BCUT2D eigenvalue weighted by atomic mass is 16.5. The molecular weight excluding hydrogens is 258 g/mol. The molecule has 2 heterocycles. The Morgan fingerprint density at radius 1 is 1.30 bits per heavy atom. The zero-order valence-corrected chi connectivity index (χ0v) is 11.6. The average molecular weight is 275 g/mol. The molecule has 2 rings (SSSR count). The van der Waals surface area contributed by atoms with Crippen molar-refractivity contribution in [3.63, 3.8) is 0 Å². The third kappa shape index (κ3) is 2.96. The summed E-state index contributed by atoms with van der Waals surface area (Å²) in [6.45, 7) is 3.12. The summed E-state index contributed by atoms with van der Waals surface area (Å²) >= 11 is 0. The molecule has 6 heteroatoms. The maximum Gasteiger partial charge on any atom is 0.339 e. The van der Waals surface area contributed by atoms with Crippen LogP contribution >= 0.6 is 0 Å². The molecule has 0 aliphatic rings. The summed E-state index contributed by atoms with van der Waals surface area (Å²) in [6, 6.07) is 3.36. The molecule has 0 unspecified atom stereocenters. The van der Waals surface area contributed by atoms with Crippen LogP contribution in [0.3, 0.4) is 0 Å². The number of pyridine rings is 1. The number of nitrogens with zero attached hydrogens (tertiary/aromatic N) is 3. The largest absolute Gasteiger partial charge is 0.465 e. The molecule has 0 saturated heterocycles. The standard InChI is InChI=1S/C14H17N3O3/c1-3-6-16-7-8-17(14(16)19)10-12-5-4-11(9-15-12)13(18)20-2/h4-5,7-9H,3,6,10H2,1-2H3. The normalized spacial score (nSPS) is 10.5. The molecule has 0 saturated carbocycles. The van der Waals surface area contributed by atoms with E-state index in [0.717, 1.165) is 6.42 Å². The summed E-state index contributed by atoms with van der Waals surface area (Å²) in [5, 5.41) is 0. The van der Waals surface area contributed by atoms with Gasteiger partial charge in [-0.1, -0.05) is 6.92 Å². The van der Waals surface area contributed by atoms with Crippen LogP contribution in [0.2, 0.25) is 0 Å². The second-order valence-corrected chi connectivity index (χ2v) is 4.43. The molecule has 0 aromatic carbocycles. The van der Waals surface area contributed by atoms with E-state index in [2.05, 4.69) is 9.72 Å². The van der Waals surface area contributed by atoms with Crippen molar-refractivity contribution >= 4 is 5.97 Å². The van der Waals surface area contributed by atoms with E-state index < -0.39 is 5.97 Å². The summed E-state index contributed by atoms with van der Waals surface area (Å²) in [6.07, 6.45) is 5.88. The minimum absolute atomic E-state index is 0.0503. The molecule has 0 bridgehead atoms. The van der Waals surface area contributed by atoms with Crippen LogP contribution in [0, 0.1) is 0 Å². The Bertz CT molecular complexity index is 640. The van der Waals surface area contributed by atoms with E-state index in [0.29, 0.717) is 24.3 Å². The van der Waals surface area contributed by atoms with E-state index in [1.54, 1.807) is 33.7 Å². The first kappa shape index (κ1) is 14.0. The molecule has 106 valence electrons. The van der Waals surface area contributed by atoms with Crippen molar-refractivity contribution < 1.29 is 9.53 Å². The van der Waals surface area contributed by atoms with Gasteiger partial charge in [0.2, 0.25) is 0 Å². The number of aromatic nitrogens is 3. The highest BCUT2D eigenvalue weighted by Crippen LogP contribution is 2.03. The van der Waals surface area contributed by atoms with Crippen LogP contribution in [-0.4, -0.2) is 27.2 Å². The van der Waals surface area contributed by atoms with Gasteiger partial charge < -0.3 is 4.74 Å². The summed E-state index contributed by atoms with van der Waals surface area (Å²) in [5.74, 6) is -0.421. The van der Waals surface area contributed by atoms with Gasteiger partial charge in [0.15, 0.2) is 0 Å². The smallest absolute Gasteiger partial charge is 0.339 e. The van der Waals surface area contributed by atoms with E-state index >= 15 is 0 Å². The maximum absolute atomic E-state index is 12.0. The van der Waals surface area contributed by atoms with Crippen LogP contribution in [0.1, 0.15) is 29.4 Å². The number of carbonyl (C=O) groups is 1. The van der Waals surface area contributed by atoms with Gasteiger partial charge in [-0.2, -0.15) is 0 Å². The van der Waals surface area contributed by atoms with Crippen LogP contribution < -0.4 is 5.69 Å². The predicted octanol–water partition coefficient (Wildman–Crippen LogP) is 1.29. The third-order valence-corrected chi connectivity index (χ3v) is 2.96. The molecule has 2 aromatic rings. The number of methoxy groups -OCH3 is 1. The van der Waals surface area contributed by atoms with Crippen LogP contribution in [0.4, 0.5) is 0 Å². The Hall–Kier alpha value is -2.37. The molecule has 20 heavy (non-hydrogen) atoms. The first-order chi connectivity index (χ1) is 9.65. The Morgan fingerprint density at radius 3 is 2.65 bits per heavy atom. The molecular formula is C14H17N3O3. The van der Waals surface area contributed by atoms with Crippen molar-refractivity contribution in [1.82, 2.24) is 14.1 Å². The van der Waals surface area contributed by atoms with Crippen LogP contribution in [0.5, 0.6) is 0 Å². The molecule has 2 aromatic heterocycles. The van der Waals surface area contributed by atoms with Gasteiger partial charge in [0.25, 0.3) is 0 Å². The molecule has 6 nitrogen and oxygen atoms in total. The lowest BCUT2D eigenvalue weighted by molar-refractivity contribution is 0.0600. The SMILES string of the molecule is CCCn1ccn(Cc2ccc(C(=O)OC)cn2)c1=O. The number of imidazole rings is 1. The number of aryl methyl sites for hydroxylation is 1. The van der Waals surface area contributed by atoms with Crippen LogP contribution in [0.15, 0.2) is 35.5 Å². The lowest BCUT2D eigenvalue weighted by atomic mass is 10.2. The number of hydrogen-bond donors (Lipinski definition) is 0. The highest BCUT2D eigenvalue weighted by molar-refractivity contribution is 5.88. The predicted molar refractivity (Wildman–Crippen MR) is 73.7 cm³/mol. The first-order valence-corrected chi connectivity index (χ1v) is 6.44. The fourth-order valence-electron chi connectivity index (χ4n) is 1.92. The van der Waals surface area contributed by atoms with Gasteiger partial charge in [-0.05, 0) is 18.6 Å². The fourth-order valence-corrected chi connectivity index (χ4v) is 1.92. The molecule has 0 amide bonds. The minimum Gasteiger partial charge on any atom is -0.465 e. The van der Waals surface area contributed by atoms with E-state index in [1.165, 1.54) is 13.3 Å². The van der Waals surface area contributed by atoms with Gasteiger partial charge in [0, 0.05) is 25.1 Å². The van der Waals surface area contributed by atoms with Gasteiger partial charge in [0.05, 0.1) is 24.9 Å². The van der Waals surface area contributed by atoms with Crippen molar-refractivity contribution in [1.29, 1.82) is 0 Å². The number of rotatable bonds is 5. The zero-order chi connectivity index (χ0) is 14.5. The molecule has 0 aliphatic heterocycles. The van der Waals surface area contributed by atoms with E-state index in [9.17, 15) is 9.59 Å². The Labute approximate surface area is 116 Å². The monoisotopic (exact) mass is 275 g/mol. The Kier molecular flexibility index (Phi) is 4.34. The summed E-state index contributed by atoms with van der Waals surface area (Å²) in [5.41, 5.74) is 1.06. The number of ether oxygens (including phenoxy) is 1. The minimum atomic E-state index is -0.421. The fraction of sp³-hybridized carbons (Fsp3) is 0.357. The van der Waals surface area contributed by atoms with Gasteiger partial charge in [-0.3, -0.25) is 14.1 Å². The quantitative estimate of drug-likeness (QED) is 0.771. The second kappa shape index (κ2) is 6.18. The molecule has 0 fully saturated rings. The topological polar surface area (TPSA) is 66.1 Å². The Balaban J connectivity index is 2.14. The zero-order valence-electron chi connectivity index (χ0n) is 11.6. The number of esters is 1. The van der Waals surface area contributed by atoms with E-state index in [1.807, 2.05) is 6.92 Å². The maximum atomic E-state index is 12.0. The average Bonchev–Trinajstić information content (AvgIpc) is 2.81. The van der Waals surface area contributed by atoms with Crippen molar-refractivity contribution in [2.45, 2.75) is 26.4 Å². The summed E-state index contributed by atoms with van der Waals surface area (Å²) in [4.78, 5) is 27.5. The number of hydrogen-bond acceptors (Lipinski definition) is 4. The molecule has 0 radical (unpaired) electrons. The van der Waals surface area contributed by atoms with Gasteiger partial charge >= 0.3 is 11.7 Å². The lowest BCUT2D eigenvalue weighted by Gasteiger charge is -2.03. The molecule has 0 atom stereocenters. The van der Waals surface area contributed by atoms with E-state index in [-0.39, 0.29) is 5.69 Å². The lowest BCUT2D eigenvalue weighted by Crippen LogP contribution is -2.24. The van der Waals surface area contributed by atoms with Gasteiger partial charge in [0.1, 0.15) is 0 Å². The van der Waals surface area contributed by atoms with Gasteiger partial charge in [-0.25, -0.2) is 9.59 Å². The Morgan fingerprint density at radius 2 is 2.05 bits per heavy atom. The summed E-state index contributed by atoms with van der Waals surface area (Å²) < 4.78 is 7.87. The number of carbonyl (C=O) groups excluding carboxylic acids is 1. The van der Waals surface area contributed by atoms with Crippen molar-refractivity contribution in [3.05, 3.63) is 52.5 Å². The van der Waals surface area contributed by atoms with Crippen LogP contribution in [-0.2, 0) is 17.8 Å². The molecule has 0 spiro atoms. The summed E-state index contributed by atoms with van der Waals surface area (Å²) in [7, 11) is 1.33. The van der Waals surface area contributed by atoms with Crippen LogP contribution in [0.25, 0.3) is 0 Å². The second-order valence-electron chi connectivity index (χ2n) is 4.43. The van der Waals surface area contributed by atoms with Gasteiger partial charge in [-0.15, -0.1) is 0 Å². The highest BCUT2D eigenvalue weighted by Gasteiger charge is 2.07. The molecule has 0 aliphatic carbocycles. The van der Waals surface area contributed by atoms with Crippen molar-refractivity contribution in [2.24, 2.45) is 0 Å². The first-order valence-electron chi connectivity index (χ1n) is 6.44. The molecule has 0 N–H and O–H groups in total. The van der Waals surface area contributed by atoms with E-state index in [4.69, 9.17) is 0 Å². The van der Waals surface area contributed by atoms with Crippen molar-refractivity contribution in [2.75, 3.05) is 7.11 Å². The third-order valence-electron chi connectivity index (χ3n) is 2.96.